The molecule has 3 aromatic rings. The van der Waals surface area contributed by atoms with E-state index in [-0.39, 0.29) is 5.69 Å². The summed E-state index contributed by atoms with van der Waals surface area (Å²) in [7, 11) is 1.28. The topological polar surface area (TPSA) is 73.2 Å². The monoisotopic (exact) mass is 413 g/mol. The van der Waals surface area contributed by atoms with E-state index >= 15 is 0 Å². The predicted molar refractivity (Wildman–Crippen MR) is 99.9 cm³/mol. The van der Waals surface area contributed by atoms with Gasteiger partial charge < -0.3 is 10.1 Å². The molecular weight excluding hydrogens is 398 g/mol. The molecule has 0 spiro atoms. The Morgan fingerprint density at radius 1 is 1.12 bits per heavy atom. The highest BCUT2D eigenvalue weighted by molar-refractivity contribution is 9.10. The average molecular weight is 414 g/mol. The zero-order valence-electron chi connectivity index (χ0n) is 13.9. The van der Waals surface area contributed by atoms with Crippen molar-refractivity contribution in [2.75, 3.05) is 7.11 Å². The summed E-state index contributed by atoms with van der Waals surface area (Å²) in [6, 6.07) is 17.2. The lowest BCUT2D eigenvalue weighted by atomic mass is 10.1. The van der Waals surface area contributed by atoms with Gasteiger partial charge >= 0.3 is 5.97 Å². The van der Waals surface area contributed by atoms with Gasteiger partial charge in [0.15, 0.2) is 11.7 Å². The largest absolute Gasteiger partial charge is 0.467 e. The fourth-order valence-corrected chi connectivity index (χ4v) is 2.84. The van der Waals surface area contributed by atoms with Crippen molar-refractivity contribution in [3.8, 4) is 5.69 Å². The number of methoxy groups -OCH3 is 1. The number of carbonyl (C=O) groups is 2. The Morgan fingerprint density at radius 2 is 1.88 bits per heavy atom. The molecule has 0 aliphatic rings. The van der Waals surface area contributed by atoms with Gasteiger partial charge in [-0.2, -0.15) is 5.10 Å². The van der Waals surface area contributed by atoms with E-state index in [0.717, 1.165) is 10.2 Å². The number of nitrogens with zero attached hydrogens (tertiary/aromatic N) is 2. The number of aromatic nitrogens is 2. The second kappa shape index (κ2) is 7.97. The first-order valence-electron chi connectivity index (χ1n) is 7.84. The summed E-state index contributed by atoms with van der Waals surface area (Å²) in [4.78, 5) is 24.6. The van der Waals surface area contributed by atoms with Gasteiger partial charge in [0.1, 0.15) is 0 Å². The first-order chi connectivity index (χ1) is 12.6. The van der Waals surface area contributed by atoms with Crippen LogP contribution in [0.4, 0.5) is 0 Å². The molecule has 7 heteroatoms. The Labute approximate surface area is 158 Å². The number of carbonyl (C=O) groups excluding carboxylic acids is 2. The molecule has 1 heterocycles. The van der Waals surface area contributed by atoms with Crippen LogP contribution in [0.5, 0.6) is 0 Å². The Morgan fingerprint density at radius 3 is 2.58 bits per heavy atom. The smallest absolute Gasteiger partial charge is 0.333 e. The first-order valence-corrected chi connectivity index (χ1v) is 8.63. The molecule has 0 aliphatic heterocycles. The molecule has 1 unspecified atom stereocenters. The van der Waals surface area contributed by atoms with Gasteiger partial charge in [0, 0.05) is 10.7 Å². The minimum atomic E-state index is -0.898. The SMILES string of the molecule is COC(=O)C(NC(=O)c1ccn(-c2cccc(Br)c2)n1)c1ccccc1. The zero-order valence-corrected chi connectivity index (χ0v) is 15.5. The number of amides is 1. The third-order valence-electron chi connectivity index (χ3n) is 3.74. The van der Waals surface area contributed by atoms with Crippen LogP contribution < -0.4 is 5.32 Å². The highest BCUT2D eigenvalue weighted by Crippen LogP contribution is 2.17. The molecule has 6 nitrogen and oxygen atoms in total. The highest BCUT2D eigenvalue weighted by atomic mass is 79.9. The van der Waals surface area contributed by atoms with E-state index in [1.54, 1.807) is 41.2 Å². The fourth-order valence-electron chi connectivity index (χ4n) is 2.45. The first kappa shape index (κ1) is 17.9. The quantitative estimate of drug-likeness (QED) is 0.651. The number of benzene rings is 2. The fraction of sp³-hybridized carbons (Fsp3) is 0.105. The summed E-state index contributed by atoms with van der Waals surface area (Å²) in [5, 5.41) is 6.96. The lowest BCUT2D eigenvalue weighted by Crippen LogP contribution is -2.34. The molecular formula is C19H16BrN3O3. The van der Waals surface area contributed by atoms with Crippen molar-refractivity contribution in [1.29, 1.82) is 0 Å². The van der Waals surface area contributed by atoms with E-state index in [1.165, 1.54) is 7.11 Å². The third-order valence-corrected chi connectivity index (χ3v) is 4.23. The van der Waals surface area contributed by atoms with Crippen molar-refractivity contribution < 1.29 is 14.3 Å². The summed E-state index contributed by atoms with van der Waals surface area (Å²) in [6.45, 7) is 0. The molecule has 0 saturated carbocycles. The van der Waals surface area contributed by atoms with Crippen LogP contribution in [0.15, 0.2) is 71.3 Å². The van der Waals surface area contributed by atoms with Gasteiger partial charge in [0.05, 0.1) is 12.8 Å². The van der Waals surface area contributed by atoms with Crippen LogP contribution in [-0.4, -0.2) is 28.8 Å². The molecule has 132 valence electrons. The lowest BCUT2D eigenvalue weighted by molar-refractivity contribution is -0.143. The maximum absolute atomic E-state index is 12.6. The summed E-state index contributed by atoms with van der Waals surface area (Å²) in [6.07, 6.45) is 1.69. The minimum absolute atomic E-state index is 0.204. The number of hydrogen-bond acceptors (Lipinski definition) is 4. The van der Waals surface area contributed by atoms with Crippen LogP contribution in [-0.2, 0) is 9.53 Å². The Bertz CT molecular complexity index is 925. The third kappa shape index (κ3) is 4.00. The van der Waals surface area contributed by atoms with Crippen LogP contribution in [0.2, 0.25) is 0 Å². The van der Waals surface area contributed by atoms with Crippen molar-refractivity contribution in [3.63, 3.8) is 0 Å². The summed E-state index contributed by atoms with van der Waals surface area (Å²) >= 11 is 3.41. The molecule has 1 amide bonds. The molecule has 1 aromatic heterocycles. The second-order valence-electron chi connectivity index (χ2n) is 5.47. The van der Waals surface area contributed by atoms with Crippen molar-refractivity contribution in [2.24, 2.45) is 0 Å². The maximum atomic E-state index is 12.6. The van der Waals surface area contributed by atoms with Crippen LogP contribution >= 0.6 is 15.9 Å². The molecule has 0 bridgehead atoms. The number of ether oxygens (including phenoxy) is 1. The normalized spacial score (nSPS) is 11.6. The molecule has 1 atom stereocenters. The molecule has 2 aromatic carbocycles. The molecule has 0 fully saturated rings. The lowest BCUT2D eigenvalue weighted by Gasteiger charge is -2.16. The Balaban J connectivity index is 1.81. The molecule has 0 aliphatic carbocycles. The van der Waals surface area contributed by atoms with E-state index < -0.39 is 17.9 Å². The van der Waals surface area contributed by atoms with Gasteiger partial charge in [0.2, 0.25) is 0 Å². The number of rotatable bonds is 5. The van der Waals surface area contributed by atoms with E-state index in [1.807, 2.05) is 30.3 Å². The van der Waals surface area contributed by atoms with Crippen molar-refractivity contribution in [3.05, 3.63) is 82.6 Å². The van der Waals surface area contributed by atoms with Crippen molar-refractivity contribution >= 4 is 27.8 Å². The van der Waals surface area contributed by atoms with E-state index in [0.29, 0.717) is 5.56 Å². The Kier molecular flexibility index (Phi) is 5.48. The standard InChI is InChI=1S/C19H16BrN3O3/c1-26-19(25)17(13-6-3-2-4-7-13)21-18(24)16-10-11-23(22-16)15-9-5-8-14(20)12-15/h2-12,17H,1H3,(H,21,24). The Hall–Kier alpha value is -2.93. The highest BCUT2D eigenvalue weighted by Gasteiger charge is 2.24. The molecule has 3 rings (SSSR count). The van der Waals surface area contributed by atoms with Crippen molar-refractivity contribution in [2.45, 2.75) is 6.04 Å². The van der Waals surface area contributed by atoms with Gasteiger partial charge in [0.25, 0.3) is 5.91 Å². The van der Waals surface area contributed by atoms with Gasteiger partial charge in [-0.25, -0.2) is 9.48 Å². The maximum Gasteiger partial charge on any atom is 0.333 e. The molecule has 1 N–H and O–H groups in total. The van der Waals surface area contributed by atoms with E-state index in [9.17, 15) is 9.59 Å². The summed E-state index contributed by atoms with van der Waals surface area (Å²) in [5.74, 6) is -1.01. The zero-order chi connectivity index (χ0) is 18.5. The number of nitrogens with one attached hydrogen (secondary N) is 1. The minimum Gasteiger partial charge on any atom is -0.467 e. The van der Waals surface area contributed by atoms with Gasteiger partial charge in [-0.05, 0) is 29.8 Å². The van der Waals surface area contributed by atoms with Crippen LogP contribution in [0, 0.1) is 0 Å². The number of hydrogen-bond donors (Lipinski definition) is 1. The molecule has 0 saturated heterocycles. The van der Waals surface area contributed by atoms with Crippen LogP contribution in [0.1, 0.15) is 22.1 Å². The number of esters is 1. The van der Waals surface area contributed by atoms with Crippen molar-refractivity contribution in [1.82, 2.24) is 15.1 Å². The molecule has 0 radical (unpaired) electrons. The van der Waals surface area contributed by atoms with Crippen LogP contribution in [0.3, 0.4) is 0 Å². The summed E-state index contributed by atoms with van der Waals surface area (Å²) in [5.41, 5.74) is 1.65. The number of halogens is 1. The predicted octanol–water partition coefficient (Wildman–Crippen LogP) is 3.28. The van der Waals surface area contributed by atoms with Gasteiger partial charge in [-0.1, -0.05) is 52.3 Å². The average Bonchev–Trinajstić information content (AvgIpc) is 3.16. The van der Waals surface area contributed by atoms with Gasteiger partial charge in [-0.3, -0.25) is 4.79 Å². The van der Waals surface area contributed by atoms with Gasteiger partial charge in [-0.15, -0.1) is 0 Å². The second-order valence-corrected chi connectivity index (χ2v) is 6.38. The van der Waals surface area contributed by atoms with E-state index in [2.05, 4.69) is 26.3 Å². The van der Waals surface area contributed by atoms with Crippen LogP contribution in [0.25, 0.3) is 5.69 Å². The molecule has 26 heavy (non-hydrogen) atoms. The van der Waals surface area contributed by atoms with E-state index in [4.69, 9.17) is 4.74 Å². The summed E-state index contributed by atoms with van der Waals surface area (Å²) < 4.78 is 7.31.